The highest BCUT2D eigenvalue weighted by Gasteiger charge is 2.12. The fourth-order valence-corrected chi connectivity index (χ4v) is 2.65. The average Bonchev–Trinajstić information content (AvgIpc) is 2.92. The minimum Gasteiger partial charge on any atom is -0.362 e. The third-order valence-corrected chi connectivity index (χ3v) is 3.67. The Morgan fingerprint density at radius 2 is 2.11 bits per heavy atom. The summed E-state index contributed by atoms with van der Waals surface area (Å²) in [6.45, 7) is 2.19. The third kappa shape index (κ3) is 3.21. The van der Waals surface area contributed by atoms with E-state index in [1.165, 1.54) is 4.88 Å². The number of anilines is 2. The van der Waals surface area contributed by atoms with Gasteiger partial charge in [-0.15, -0.1) is 11.3 Å². The van der Waals surface area contributed by atoms with Gasteiger partial charge in [-0.3, -0.25) is 0 Å². The summed E-state index contributed by atoms with van der Waals surface area (Å²) in [5.41, 5.74) is 2.56. The van der Waals surface area contributed by atoms with Crippen molar-refractivity contribution in [3.8, 4) is 0 Å². The van der Waals surface area contributed by atoms with Crippen LogP contribution in [0.2, 0.25) is 0 Å². The Hall–Kier alpha value is -1.59. The monoisotopic (exact) mass is 262 g/mol. The van der Waals surface area contributed by atoms with E-state index in [-0.39, 0.29) is 0 Å². The van der Waals surface area contributed by atoms with Gasteiger partial charge in [-0.1, -0.05) is 25.5 Å². The molecule has 18 heavy (non-hydrogen) atoms. The van der Waals surface area contributed by atoms with E-state index < -0.39 is 0 Å². The second-order valence-electron chi connectivity index (χ2n) is 4.05. The van der Waals surface area contributed by atoms with Crippen molar-refractivity contribution in [1.82, 2.24) is 4.98 Å². The number of hydrazine groups is 1. The highest BCUT2D eigenvalue weighted by atomic mass is 32.1. The predicted octanol–water partition coefficient (Wildman–Crippen LogP) is 3.38. The number of nitrogens with zero attached hydrogens (tertiary/aromatic N) is 1. The summed E-state index contributed by atoms with van der Waals surface area (Å²) >= 11 is 1.77. The van der Waals surface area contributed by atoms with Crippen LogP contribution in [0.1, 0.15) is 30.7 Å². The van der Waals surface area contributed by atoms with Crippen molar-refractivity contribution in [1.29, 1.82) is 0 Å². The number of aromatic nitrogens is 1. The zero-order chi connectivity index (χ0) is 12.8. The second-order valence-corrected chi connectivity index (χ2v) is 5.03. The van der Waals surface area contributed by atoms with Gasteiger partial charge < -0.3 is 10.7 Å². The fraction of sp³-hybridized carbons (Fsp3) is 0.308. The molecule has 1 unspecified atom stereocenters. The maximum Gasteiger partial charge on any atom is 0.142 e. The van der Waals surface area contributed by atoms with Crippen molar-refractivity contribution in [2.45, 2.75) is 25.8 Å². The Bertz CT molecular complexity index is 470. The molecule has 2 rings (SSSR count). The molecule has 4 nitrogen and oxygen atoms in total. The number of hydrogen-bond donors (Lipinski definition) is 3. The molecule has 0 aliphatic rings. The highest BCUT2D eigenvalue weighted by molar-refractivity contribution is 7.10. The molecule has 0 aliphatic heterocycles. The van der Waals surface area contributed by atoms with Gasteiger partial charge in [-0.25, -0.2) is 10.8 Å². The number of rotatable bonds is 6. The molecule has 0 saturated carbocycles. The lowest BCUT2D eigenvalue weighted by atomic mass is 10.1. The van der Waals surface area contributed by atoms with Gasteiger partial charge in [-0.05, 0) is 30.0 Å². The average molecular weight is 262 g/mol. The Labute approximate surface area is 111 Å². The van der Waals surface area contributed by atoms with Gasteiger partial charge in [0.2, 0.25) is 0 Å². The molecule has 4 N–H and O–H groups in total. The number of hydrogen-bond acceptors (Lipinski definition) is 5. The van der Waals surface area contributed by atoms with Gasteiger partial charge in [0.15, 0.2) is 0 Å². The minimum atomic E-state index is 0.315. The topological polar surface area (TPSA) is 63.0 Å². The van der Waals surface area contributed by atoms with Crippen molar-refractivity contribution in [2.75, 3.05) is 10.7 Å². The Kier molecular flexibility index (Phi) is 4.55. The summed E-state index contributed by atoms with van der Waals surface area (Å²) in [6.07, 6.45) is 2.22. The number of thiophene rings is 1. The lowest BCUT2D eigenvalue weighted by molar-refractivity contribution is 0.685. The maximum atomic E-state index is 5.36. The smallest absolute Gasteiger partial charge is 0.142 e. The zero-order valence-corrected chi connectivity index (χ0v) is 11.2. The lowest BCUT2D eigenvalue weighted by Gasteiger charge is -2.17. The molecule has 5 heteroatoms. The van der Waals surface area contributed by atoms with Crippen LogP contribution in [0, 0.1) is 0 Å². The van der Waals surface area contributed by atoms with Gasteiger partial charge in [0.1, 0.15) is 11.6 Å². The molecule has 0 fully saturated rings. The normalized spacial score (nSPS) is 12.1. The largest absolute Gasteiger partial charge is 0.362 e. The summed E-state index contributed by atoms with van der Waals surface area (Å²) in [7, 11) is 0. The van der Waals surface area contributed by atoms with Crippen LogP contribution in [0.5, 0.6) is 0 Å². The number of nitrogens with two attached hydrogens (primary N) is 1. The molecule has 0 aliphatic carbocycles. The van der Waals surface area contributed by atoms with Crippen LogP contribution in [-0.4, -0.2) is 4.98 Å². The molecule has 2 heterocycles. The third-order valence-electron chi connectivity index (χ3n) is 2.68. The Morgan fingerprint density at radius 3 is 2.78 bits per heavy atom. The molecule has 2 aromatic heterocycles. The SMILES string of the molecule is CCCC(Nc1cccc(NN)n1)c1cccs1. The first kappa shape index (κ1) is 12.9. The van der Waals surface area contributed by atoms with Crippen molar-refractivity contribution < 1.29 is 0 Å². The van der Waals surface area contributed by atoms with Gasteiger partial charge in [0.25, 0.3) is 0 Å². The van der Waals surface area contributed by atoms with Crippen LogP contribution in [0.15, 0.2) is 35.7 Å². The van der Waals surface area contributed by atoms with Crippen LogP contribution < -0.4 is 16.6 Å². The van der Waals surface area contributed by atoms with Gasteiger partial charge in [-0.2, -0.15) is 0 Å². The fourth-order valence-electron chi connectivity index (χ4n) is 1.84. The number of pyridine rings is 1. The van der Waals surface area contributed by atoms with Crippen LogP contribution >= 0.6 is 11.3 Å². The summed E-state index contributed by atoms with van der Waals surface area (Å²) in [6, 6.07) is 10.3. The van der Waals surface area contributed by atoms with Crippen LogP contribution in [0.3, 0.4) is 0 Å². The van der Waals surface area contributed by atoms with Crippen LogP contribution in [0.25, 0.3) is 0 Å². The molecule has 96 valence electrons. The molecule has 1 atom stereocenters. The van der Waals surface area contributed by atoms with Crippen molar-refractivity contribution in [2.24, 2.45) is 5.84 Å². The van der Waals surface area contributed by atoms with E-state index in [1.807, 2.05) is 18.2 Å². The first-order chi connectivity index (χ1) is 8.83. The maximum absolute atomic E-state index is 5.36. The minimum absolute atomic E-state index is 0.315. The Balaban J connectivity index is 2.13. The molecule has 0 saturated heterocycles. The standard InChI is InChI=1S/C13H18N4S/c1-2-5-10(11-6-4-9-18-11)15-12-7-3-8-13(16-12)17-14/h3-4,6-10H,2,5,14H2,1H3,(H2,15,16,17). The van der Waals surface area contributed by atoms with Gasteiger partial charge in [0, 0.05) is 4.88 Å². The van der Waals surface area contributed by atoms with Crippen molar-refractivity contribution >= 4 is 23.0 Å². The molecule has 0 bridgehead atoms. The number of nitrogen functional groups attached to an aromatic ring is 1. The zero-order valence-electron chi connectivity index (χ0n) is 10.4. The quantitative estimate of drug-likeness (QED) is 0.551. The summed E-state index contributed by atoms with van der Waals surface area (Å²) in [4.78, 5) is 5.72. The summed E-state index contributed by atoms with van der Waals surface area (Å²) < 4.78 is 0. The van der Waals surface area contributed by atoms with E-state index in [0.29, 0.717) is 11.9 Å². The second kappa shape index (κ2) is 6.37. The lowest BCUT2D eigenvalue weighted by Crippen LogP contribution is -2.13. The van der Waals surface area contributed by atoms with E-state index >= 15 is 0 Å². The van der Waals surface area contributed by atoms with Crippen molar-refractivity contribution in [3.63, 3.8) is 0 Å². The van der Waals surface area contributed by atoms with E-state index in [0.717, 1.165) is 18.7 Å². The van der Waals surface area contributed by atoms with E-state index in [2.05, 4.69) is 40.2 Å². The molecule has 0 aromatic carbocycles. The molecule has 0 spiro atoms. The molecular formula is C13H18N4S. The van der Waals surface area contributed by atoms with E-state index in [4.69, 9.17) is 5.84 Å². The molecule has 0 amide bonds. The number of nitrogens with one attached hydrogen (secondary N) is 2. The highest BCUT2D eigenvalue weighted by Crippen LogP contribution is 2.27. The van der Waals surface area contributed by atoms with Crippen molar-refractivity contribution in [3.05, 3.63) is 40.6 Å². The van der Waals surface area contributed by atoms with Gasteiger partial charge in [0.05, 0.1) is 6.04 Å². The first-order valence-electron chi connectivity index (χ1n) is 6.07. The van der Waals surface area contributed by atoms with Crippen LogP contribution in [0.4, 0.5) is 11.6 Å². The summed E-state index contributed by atoms with van der Waals surface area (Å²) in [5, 5.41) is 5.56. The molecular weight excluding hydrogens is 244 g/mol. The first-order valence-corrected chi connectivity index (χ1v) is 6.95. The van der Waals surface area contributed by atoms with E-state index in [1.54, 1.807) is 11.3 Å². The van der Waals surface area contributed by atoms with Gasteiger partial charge >= 0.3 is 0 Å². The molecule has 2 aromatic rings. The summed E-state index contributed by atoms with van der Waals surface area (Å²) in [5.74, 6) is 6.88. The predicted molar refractivity (Wildman–Crippen MR) is 77.6 cm³/mol. The molecule has 0 radical (unpaired) electrons. The van der Waals surface area contributed by atoms with E-state index in [9.17, 15) is 0 Å². The van der Waals surface area contributed by atoms with Crippen LogP contribution in [-0.2, 0) is 0 Å². The Morgan fingerprint density at radius 1 is 1.28 bits per heavy atom.